The first-order chi connectivity index (χ1) is 3.97. The average molecular weight is 116 g/mol. The third-order valence-corrected chi connectivity index (χ3v) is 1.87. The summed E-state index contributed by atoms with van der Waals surface area (Å²) in [6.45, 7) is 2.06. The van der Waals surface area contributed by atoms with Crippen LogP contribution >= 0.6 is 0 Å². The Labute approximate surface area is 67.3 Å². The van der Waals surface area contributed by atoms with E-state index >= 15 is 0 Å². The van der Waals surface area contributed by atoms with E-state index in [1.807, 2.05) is 0 Å². The van der Waals surface area contributed by atoms with Gasteiger partial charge in [0.15, 0.2) is 0 Å². The molecule has 0 N–H and O–H groups in total. The Balaban J connectivity index is 0.000000405. The van der Waals surface area contributed by atoms with Gasteiger partial charge in [0.1, 0.15) is 0 Å². The van der Waals surface area contributed by atoms with Crippen LogP contribution in [0.25, 0.3) is 5.32 Å². The molecule has 3 heteroatoms. The Hall–Kier alpha value is 0.0674. The Morgan fingerprint density at radius 2 is 2.33 bits per heavy atom. The number of hydrogen-bond acceptors (Lipinski definition) is 1. The molecule has 2 rings (SSSR count). The summed E-state index contributed by atoms with van der Waals surface area (Å²) >= 11 is 0. The zero-order chi connectivity index (χ0) is 5.40. The number of rotatable bonds is 0. The van der Waals surface area contributed by atoms with Crippen LogP contribution < -0.4 is 18.9 Å². The van der Waals surface area contributed by atoms with Gasteiger partial charge in [-0.15, -0.1) is 0 Å². The minimum absolute atomic E-state index is 0. The molecule has 9 heavy (non-hydrogen) atoms. The molecule has 0 aromatic rings. The van der Waals surface area contributed by atoms with Gasteiger partial charge in [-0.1, -0.05) is 18.9 Å². The molecule has 1 fully saturated rings. The standard InChI is InChI=1S/C6H9N2.Li/c1-3-7-6-5(1)2-4-8-6;/h5H,1-4H2;/q-1;+1. The van der Waals surface area contributed by atoms with Gasteiger partial charge in [-0.3, -0.25) is 0 Å². The smallest absolute Gasteiger partial charge is 0.469 e. The van der Waals surface area contributed by atoms with E-state index in [9.17, 15) is 0 Å². The molecule has 44 valence electrons. The van der Waals surface area contributed by atoms with E-state index in [0.29, 0.717) is 0 Å². The third kappa shape index (κ3) is 1.15. The molecule has 0 amide bonds. The minimum atomic E-state index is 0. The van der Waals surface area contributed by atoms with Crippen LogP contribution in [0.5, 0.6) is 0 Å². The van der Waals surface area contributed by atoms with Crippen molar-refractivity contribution in [2.75, 3.05) is 13.1 Å². The van der Waals surface area contributed by atoms with Crippen LogP contribution in [-0.4, -0.2) is 18.9 Å². The second-order valence-electron chi connectivity index (χ2n) is 2.40. The van der Waals surface area contributed by atoms with Gasteiger partial charge < -0.3 is 10.3 Å². The van der Waals surface area contributed by atoms with E-state index in [1.165, 1.54) is 12.8 Å². The van der Waals surface area contributed by atoms with E-state index in [-0.39, 0.29) is 18.9 Å². The van der Waals surface area contributed by atoms with E-state index in [4.69, 9.17) is 0 Å². The van der Waals surface area contributed by atoms with E-state index < -0.39 is 0 Å². The van der Waals surface area contributed by atoms with Gasteiger partial charge >= 0.3 is 18.9 Å². The maximum atomic E-state index is 4.25. The fraction of sp³-hybridized carbons (Fsp3) is 0.833. The molecule has 1 saturated heterocycles. The second-order valence-corrected chi connectivity index (χ2v) is 2.40. The van der Waals surface area contributed by atoms with Gasteiger partial charge in [0.25, 0.3) is 0 Å². The molecule has 2 heterocycles. The Kier molecular flexibility index (Phi) is 2.21. The molecule has 2 nitrogen and oxygen atoms in total. The predicted molar refractivity (Wildman–Crippen MR) is 33.3 cm³/mol. The molecule has 0 aromatic carbocycles. The van der Waals surface area contributed by atoms with E-state index in [2.05, 4.69) is 10.3 Å². The molecular weight excluding hydrogens is 107 g/mol. The normalized spacial score (nSPS) is 30.2. The van der Waals surface area contributed by atoms with Gasteiger partial charge in [0.05, 0.1) is 0 Å². The fourth-order valence-electron chi connectivity index (χ4n) is 1.38. The van der Waals surface area contributed by atoms with Crippen LogP contribution in [0.3, 0.4) is 0 Å². The van der Waals surface area contributed by atoms with Crippen molar-refractivity contribution in [3.63, 3.8) is 0 Å². The van der Waals surface area contributed by atoms with Crippen molar-refractivity contribution < 1.29 is 18.9 Å². The van der Waals surface area contributed by atoms with Gasteiger partial charge in [-0.25, -0.2) is 0 Å². The van der Waals surface area contributed by atoms with Crippen molar-refractivity contribution in [2.24, 2.45) is 10.9 Å². The molecule has 1 atom stereocenters. The molecule has 2 aliphatic rings. The Bertz CT molecular complexity index is 133. The van der Waals surface area contributed by atoms with Crippen LogP contribution in [0.15, 0.2) is 4.99 Å². The molecule has 0 spiro atoms. The molecule has 0 radical (unpaired) electrons. The first kappa shape index (κ1) is 7.18. The van der Waals surface area contributed by atoms with Gasteiger partial charge in [-0.2, -0.15) is 0 Å². The summed E-state index contributed by atoms with van der Waals surface area (Å²) in [5, 5.41) is 4.25. The summed E-state index contributed by atoms with van der Waals surface area (Å²) in [6.07, 6.45) is 2.53. The monoisotopic (exact) mass is 116 g/mol. The van der Waals surface area contributed by atoms with Crippen LogP contribution in [0.4, 0.5) is 0 Å². The zero-order valence-corrected chi connectivity index (χ0v) is 5.80. The van der Waals surface area contributed by atoms with Crippen molar-refractivity contribution >= 4 is 5.84 Å². The van der Waals surface area contributed by atoms with Crippen LogP contribution in [0.2, 0.25) is 0 Å². The molecule has 0 bridgehead atoms. The second kappa shape index (κ2) is 2.77. The van der Waals surface area contributed by atoms with E-state index in [1.54, 1.807) is 0 Å². The molecule has 0 saturated carbocycles. The zero-order valence-electron chi connectivity index (χ0n) is 5.80. The summed E-state index contributed by atoms with van der Waals surface area (Å²) in [7, 11) is 0. The third-order valence-electron chi connectivity index (χ3n) is 1.87. The molecule has 1 unspecified atom stereocenters. The molecule has 0 aliphatic carbocycles. The van der Waals surface area contributed by atoms with Crippen molar-refractivity contribution in [3.8, 4) is 0 Å². The first-order valence-electron chi connectivity index (χ1n) is 3.18. The maximum Gasteiger partial charge on any atom is 1.00 e. The van der Waals surface area contributed by atoms with E-state index in [0.717, 1.165) is 24.8 Å². The van der Waals surface area contributed by atoms with Crippen LogP contribution in [0.1, 0.15) is 12.8 Å². The van der Waals surface area contributed by atoms with Crippen molar-refractivity contribution in [1.82, 2.24) is 0 Å². The number of fused-ring (bicyclic) bond motifs is 1. The average Bonchev–Trinajstić information content (AvgIpc) is 2.15. The summed E-state index contributed by atoms with van der Waals surface area (Å²) in [5.74, 6) is 1.92. The largest absolute Gasteiger partial charge is 1.00 e. The minimum Gasteiger partial charge on any atom is -0.469 e. The Morgan fingerprint density at radius 1 is 1.44 bits per heavy atom. The number of amidine groups is 1. The topological polar surface area (TPSA) is 26.5 Å². The fourth-order valence-corrected chi connectivity index (χ4v) is 1.38. The van der Waals surface area contributed by atoms with Gasteiger partial charge in [-0.05, 0) is 18.8 Å². The molecule has 0 aromatic heterocycles. The van der Waals surface area contributed by atoms with Crippen LogP contribution in [0, 0.1) is 5.92 Å². The molecular formula is C6H9LiN2. The van der Waals surface area contributed by atoms with Crippen molar-refractivity contribution in [3.05, 3.63) is 5.32 Å². The van der Waals surface area contributed by atoms with Gasteiger partial charge in [0, 0.05) is 0 Å². The maximum absolute atomic E-state index is 4.25. The SMILES string of the molecule is C1CC2CC[N-]C2=N1.[Li+]. The van der Waals surface area contributed by atoms with Crippen molar-refractivity contribution in [1.29, 1.82) is 0 Å². The van der Waals surface area contributed by atoms with Gasteiger partial charge in [0.2, 0.25) is 0 Å². The van der Waals surface area contributed by atoms with Crippen molar-refractivity contribution in [2.45, 2.75) is 12.8 Å². The quantitative estimate of drug-likeness (QED) is 0.333. The summed E-state index contributed by atoms with van der Waals surface area (Å²) < 4.78 is 0. The molecule has 2 aliphatic heterocycles. The summed E-state index contributed by atoms with van der Waals surface area (Å²) in [5.41, 5.74) is 0. The summed E-state index contributed by atoms with van der Waals surface area (Å²) in [6, 6.07) is 0. The van der Waals surface area contributed by atoms with Crippen LogP contribution in [-0.2, 0) is 0 Å². The number of aliphatic imine (C=N–C) groups is 1. The number of nitrogens with zero attached hydrogens (tertiary/aromatic N) is 2. The number of hydrogen-bond donors (Lipinski definition) is 0. The summed E-state index contributed by atoms with van der Waals surface area (Å²) in [4.78, 5) is 4.25. The first-order valence-corrected chi connectivity index (χ1v) is 3.18. The predicted octanol–water partition coefficient (Wildman–Crippen LogP) is -1.81. The Morgan fingerprint density at radius 3 is 3.11 bits per heavy atom.